The summed E-state index contributed by atoms with van der Waals surface area (Å²) < 4.78 is 13.0. The molecule has 0 saturated carbocycles. The Kier molecular flexibility index (Phi) is 4.28. The molecule has 1 aromatic carbocycles. The zero-order valence-corrected chi connectivity index (χ0v) is 11.3. The van der Waals surface area contributed by atoms with E-state index in [2.05, 4.69) is 0 Å². The van der Waals surface area contributed by atoms with Crippen LogP contribution in [0, 0.1) is 5.82 Å². The number of carbonyl (C=O) groups excluding carboxylic acids is 1. The van der Waals surface area contributed by atoms with Crippen molar-refractivity contribution in [1.82, 2.24) is 4.90 Å². The van der Waals surface area contributed by atoms with Gasteiger partial charge in [-0.05, 0) is 45.6 Å². The molecule has 0 aliphatic carbocycles. The predicted molar refractivity (Wildman–Crippen MR) is 67.9 cm³/mol. The van der Waals surface area contributed by atoms with Gasteiger partial charge < -0.3 is 0 Å². The third kappa shape index (κ3) is 3.27. The molecule has 0 radical (unpaired) electrons. The molecule has 94 valence electrons. The number of rotatable bonds is 4. The zero-order chi connectivity index (χ0) is 13.2. The molecule has 0 aliphatic heterocycles. The number of likely N-dealkylation sites (N-methyl/N-ethyl adjacent to an activating group) is 1. The van der Waals surface area contributed by atoms with Crippen LogP contribution in [0.2, 0.25) is 5.02 Å². The molecule has 1 aromatic rings. The first kappa shape index (κ1) is 14.1. The lowest BCUT2D eigenvalue weighted by atomic mass is 9.92. The highest BCUT2D eigenvalue weighted by molar-refractivity contribution is 6.30. The number of halogens is 2. The minimum absolute atomic E-state index is 0.0537. The van der Waals surface area contributed by atoms with Gasteiger partial charge in [0.05, 0.1) is 10.6 Å². The molecule has 0 amide bonds. The van der Waals surface area contributed by atoms with Crippen molar-refractivity contribution in [3.63, 3.8) is 0 Å². The van der Waals surface area contributed by atoms with Crippen LogP contribution in [0.25, 0.3) is 0 Å². The van der Waals surface area contributed by atoms with Crippen molar-refractivity contribution in [3.05, 3.63) is 34.6 Å². The smallest absolute Gasteiger partial charge is 0.156 e. The molecule has 0 aromatic heterocycles. The lowest BCUT2D eigenvalue weighted by Gasteiger charge is -2.30. The number of carbonyl (C=O) groups is 1. The fourth-order valence-corrected chi connectivity index (χ4v) is 1.50. The Hall–Kier alpha value is -0.930. The SMILES string of the molecule is CN(C)C(C)(C)C(=O)Cc1ccc(F)c(Cl)c1. The number of hydrogen-bond acceptors (Lipinski definition) is 2. The van der Waals surface area contributed by atoms with Gasteiger partial charge in [-0.2, -0.15) is 0 Å². The van der Waals surface area contributed by atoms with Crippen LogP contribution in [0.3, 0.4) is 0 Å². The van der Waals surface area contributed by atoms with E-state index in [1.807, 2.05) is 32.8 Å². The van der Waals surface area contributed by atoms with E-state index in [0.29, 0.717) is 0 Å². The number of benzene rings is 1. The molecular formula is C13H17ClFNO. The number of ketones is 1. The van der Waals surface area contributed by atoms with E-state index < -0.39 is 11.4 Å². The molecule has 0 atom stereocenters. The predicted octanol–water partition coefficient (Wildman–Crippen LogP) is 2.93. The second-order valence-corrected chi connectivity index (χ2v) is 5.21. The average molecular weight is 258 g/mol. The van der Waals surface area contributed by atoms with E-state index in [4.69, 9.17) is 11.6 Å². The Morgan fingerprint density at radius 3 is 2.47 bits per heavy atom. The fourth-order valence-electron chi connectivity index (χ4n) is 1.30. The van der Waals surface area contributed by atoms with Gasteiger partial charge >= 0.3 is 0 Å². The van der Waals surface area contributed by atoms with Crippen LogP contribution in [0.5, 0.6) is 0 Å². The van der Waals surface area contributed by atoms with Gasteiger partial charge in [0.25, 0.3) is 0 Å². The van der Waals surface area contributed by atoms with Crippen LogP contribution >= 0.6 is 11.6 Å². The van der Waals surface area contributed by atoms with Crippen molar-refractivity contribution in [3.8, 4) is 0 Å². The summed E-state index contributed by atoms with van der Waals surface area (Å²) in [5, 5.41) is 0.0537. The fraction of sp³-hybridized carbons (Fsp3) is 0.462. The van der Waals surface area contributed by atoms with Crippen LogP contribution < -0.4 is 0 Å². The summed E-state index contributed by atoms with van der Waals surface area (Å²) in [6.07, 6.45) is 0.255. The van der Waals surface area contributed by atoms with E-state index in [1.165, 1.54) is 12.1 Å². The highest BCUT2D eigenvalue weighted by Crippen LogP contribution is 2.19. The van der Waals surface area contributed by atoms with Gasteiger partial charge in [-0.3, -0.25) is 9.69 Å². The van der Waals surface area contributed by atoms with Gasteiger partial charge in [0.15, 0.2) is 5.78 Å². The Morgan fingerprint density at radius 1 is 1.41 bits per heavy atom. The van der Waals surface area contributed by atoms with Crippen molar-refractivity contribution in [2.24, 2.45) is 0 Å². The van der Waals surface area contributed by atoms with Crippen LogP contribution in [0.1, 0.15) is 19.4 Å². The summed E-state index contributed by atoms with van der Waals surface area (Å²) in [4.78, 5) is 14.0. The highest BCUT2D eigenvalue weighted by Gasteiger charge is 2.29. The first-order chi connectivity index (χ1) is 7.75. The number of Topliss-reactive ketones (excluding diaryl/α,β-unsaturated/α-hetero) is 1. The van der Waals surface area contributed by atoms with Crippen molar-refractivity contribution in [2.75, 3.05) is 14.1 Å². The maximum absolute atomic E-state index is 13.0. The first-order valence-electron chi connectivity index (χ1n) is 5.40. The number of nitrogens with zero attached hydrogens (tertiary/aromatic N) is 1. The molecule has 0 heterocycles. The molecule has 2 nitrogen and oxygen atoms in total. The monoisotopic (exact) mass is 257 g/mol. The normalized spacial score (nSPS) is 11.9. The standard InChI is InChI=1S/C13H17ClFNO/c1-13(2,16(3)4)12(17)8-9-5-6-11(15)10(14)7-9/h5-7H,8H2,1-4H3. The number of hydrogen-bond donors (Lipinski definition) is 0. The Morgan fingerprint density at radius 2 is 2.00 bits per heavy atom. The second-order valence-electron chi connectivity index (χ2n) is 4.80. The van der Waals surface area contributed by atoms with Crippen LogP contribution in [-0.2, 0) is 11.2 Å². The van der Waals surface area contributed by atoms with Gasteiger partial charge in [-0.1, -0.05) is 17.7 Å². The van der Waals surface area contributed by atoms with E-state index in [1.54, 1.807) is 6.07 Å². The summed E-state index contributed by atoms with van der Waals surface area (Å²) in [6.45, 7) is 3.72. The molecule has 1 rings (SSSR count). The van der Waals surface area contributed by atoms with Gasteiger partial charge in [-0.25, -0.2) is 4.39 Å². The molecule has 4 heteroatoms. The molecule has 0 fully saturated rings. The van der Waals surface area contributed by atoms with E-state index in [9.17, 15) is 9.18 Å². The lowest BCUT2D eigenvalue weighted by molar-refractivity contribution is -0.127. The molecule has 0 saturated heterocycles. The Balaban J connectivity index is 2.85. The first-order valence-corrected chi connectivity index (χ1v) is 5.77. The summed E-state index contributed by atoms with van der Waals surface area (Å²) in [6, 6.07) is 4.37. The lowest BCUT2D eigenvalue weighted by Crippen LogP contribution is -2.46. The second kappa shape index (κ2) is 5.15. The maximum Gasteiger partial charge on any atom is 0.156 e. The summed E-state index contributed by atoms with van der Waals surface area (Å²) in [7, 11) is 3.71. The Labute approximate surface area is 106 Å². The van der Waals surface area contributed by atoms with Gasteiger partial charge in [0.1, 0.15) is 5.82 Å². The highest BCUT2D eigenvalue weighted by atomic mass is 35.5. The third-order valence-corrected chi connectivity index (χ3v) is 3.44. The average Bonchev–Trinajstić information content (AvgIpc) is 2.23. The maximum atomic E-state index is 13.0. The summed E-state index contributed by atoms with van der Waals surface area (Å²) in [5.41, 5.74) is 0.192. The molecule has 0 bridgehead atoms. The van der Waals surface area contributed by atoms with E-state index in [-0.39, 0.29) is 17.2 Å². The van der Waals surface area contributed by atoms with Crippen molar-refractivity contribution < 1.29 is 9.18 Å². The molecule has 17 heavy (non-hydrogen) atoms. The van der Waals surface area contributed by atoms with Gasteiger partial charge in [0, 0.05) is 6.42 Å². The van der Waals surface area contributed by atoms with Crippen LogP contribution in [0.4, 0.5) is 4.39 Å². The minimum atomic E-state index is -0.541. The molecule has 0 N–H and O–H groups in total. The van der Waals surface area contributed by atoms with Crippen LogP contribution in [-0.4, -0.2) is 30.3 Å². The molecule has 0 unspecified atom stereocenters. The van der Waals surface area contributed by atoms with E-state index in [0.717, 1.165) is 5.56 Å². The topological polar surface area (TPSA) is 20.3 Å². The third-order valence-electron chi connectivity index (χ3n) is 3.15. The molecule has 0 spiro atoms. The zero-order valence-electron chi connectivity index (χ0n) is 10.6. The van der Waals surface area contributed by atoms with Crippen LogP contribution in [0.15, 0.2) is 18.2 Å². The quantitative estimate of drug-likeness (QED) is 0.827. The van der Waals surface area contributed by atoms with Gasteiger partial charge in [0.2, 0.25) is 0 Å². The Bertz CT molecular complexity index is 429. The van der Waals surface area contributed by atoms with Crippen molar-refractivity contribution in [1.29, 1.82) is 0 Å². The molecule has 0 aliphatic rings. The summed E-state index contributed by atoms with van der Waals surface area (Å²) >= 11 is 5.68. The summed E-state index contributed by atoms with van der Waals surface area (Å²) in [5.74, 6) is -0.389. The largest absolute Gasteiger partial charge is 0.298 e. The van der Waals surface area contributed by atoms with Gasteiger partial charge in [-0.15, -0.1) is 0 Å². The minimum Gasteiger partial charge on any atom is -0.298 e. The van der Waals surface area contributed by atoms with E-state index >= 15 is 0 Å². The van der Waals surface area contributed by atoms with Crippen molar-refractivity contribution in [2.45, 2.75) is 25.8 Å². The van der Waals surface area contributed by atoms with Crippen molar-refractivity contribution >= 4 is 17.4 Å². The molecular weight excluding hydrogens is 241 g/mol.